The van der Waals surface area contributed by atoms with Crippen LogP contribution < -0.4 is 5.73 Å². The van der Waals surface area contributed by atoms with Crippen LogP contribution in [0.15, 0.2) is 0 Å². The lowest BCUT2D eigenvalue weighted by Crippen LogP contribution is -2.55. The largest absolute Gasteiger partial charge is 0.444 e. The van der Waals surface area contributed by atoms with Crippen LogP contribution in [-0.4, -0.2) is 34.7 Å². The first-order valence-electron chi connectivity index (χ1n) is 6.56. The van der Waals surface area contributed by atoms with E-state index in [-0.39, 0.29) is 18.2 Å². The summed E-state index contributed by atoms with van der Waals surface area (Å²) in [5.74, 6) is 0.376. The first-order chi connectivity index (χ1) is 7.79. The molecule has 2 aliphatic rings. The first kappa shape index (κ1) is 12.7. The van der Waals surface area contributed by atoms with E-state index < -0.39 is 5.60 Å². The number of ether oxygens (including phenoxy) is 1. The van der Waals surface area contributed by atoms with Crippen LogP contribution in [0, 0.1) is 5.92 Å². The van der Waals surface area contributed by atoms with Crippen molar-refractivity contribution in [3.8, 4) is 0 Å². The number of carbonyl (C=O) groups excluding carboxylic acids is 1. The number of fused-ring (bicyclic) bond motifs is 2. The smallest absolute Gasteiger partial charge is 0.410 e. The molecule has 0 aromatic heterocycles. The summed E-state index contributed by atoms with van der Waals surface area (Å²) in [6.07, 6.45) is 2.89. The van der Waals surface area contributed by atoms with Crippen LogP contribution in [-0.2, 0) is 4.74 Å². The average Bonchev–Trinajstić information content (AvgIpc) is 2.51. The summed E-state index contributed by atoms with van der Waals surface area (Å²) < 4.78 is 5.49. The zero-order chi connectivity index (χ0) is 12.8. The van der Waals surface area contributed by atoms with Crippen LogP contribution >= 0.6 is 0 Å². The minimum absolute atomic E-state index is 0.163. The highest BCUT2D eigenvalue weighted by atomic mass is 16.6. The maximum atomic E-state index is 12.2. The highest BCUT2D eigenvalue weighted by Crippen LogP contribution is 2.39. The highest BCUT2D eigenvalue weighted by molar-refractivity contribution is 5.69. The summed E-state index contributed by atoms with van der Waals surface area (Å²) in [7, 11) is 0. The van der Waals surface area contributed by atoms with Crippen LogP contribution in [0.25, 0.3) is 0 Å². The van der Waals surface area contributed by atoms with Gasteiger partial charge in [-0.1, -0.05) is 6.92 Å². The van der Waals surface area contributed by atoms with Crippen LogP contribution in [0.1, 0.15) is 47.0 Å². The van der Waals surface area contributed by atoms with E-state index in [9.17, 15) is 4.79 Å². The van der Waals surface area contributed by atoms with Gasteiger partial charge in [0.1, 0.15) is 5.60 Å². The summed E-state index contributed by atoms with van der Waals surface area (Å²) >= 11 is 0. The van der Waals surface area contributed by atoms with Gasteiger partial charge in [-0.15, -0.1) is 0 Å². The number of carbonyl (C=O) groups is 1. The summed E-state index contributed by atoms with van der Waals surface area (Å²) in [4.78, 5) is 14.1. The van der Waals surface area contributed by atoms with Crippen molar-refractivity contribution in [2.45, 2.75) is 70.7 Å². The second kappa shape index (κ2) is 4.16. The molecule has 1 amide bonds. The van der Waals surface area contributed by atoms with E-state index in [0.717, 1.165) is 19.3 Å². The van der Waals surface area contributed by atoms with Crippen LogP contribution in [0.4, 0.5) is 4.79 Å². The van der Waals surface area contributed by atoms with Crippen molar-refractivity contribution < 1.29 is 9.53 Å². The van der Waals surface area contributed by atoms with Gasteiger partial charge in [-0.05, 0) is 46.0 Å². The number of piperidine rings is 1. The predicted octanol–water partition coefficient (Wildman–Crippen LogP) is 2.12. The Kier molecular flexibility index (Phi) is 3.10. The van der Waals surface area contributed by atoms with E-state index in [4.69, 9.17) is 10.5 Å². The third-order valence-electron chi connectivity index (χ3n) is 3.98. The molecule has 0 aliphatic carbocycles. The van der Waals surface area contributed by atoms with Gasteiger partial charge >= 0.3 is 6.09 Å². The van der Waals surface area contributed by atoms with Crippen LogP contribution in [0.2, 0.25) is 0 Å². The normalized spacial score (nSPS) is 37.1. The molecule has 17 heavy (non-hydrogen) atoms. The molecule has 2 saturated heterocycles. The Labute approximate surface area is 103 Å². The standard InChI is InChI=1S/C13H24N2O2/c1-8-10(14)7-9-5-6-11(8)15(9)12(16)17-13(2,3)4/h8-11H,5-7,14H2,1-4H3/t8-,9?,10?,11?/m0/s1. The molecule has 2 aliphatic heterocycles. The topological polar surface area (TPSA) is 55.6 Å². The molecule has 2 N–H and O–H groups in total. The molecule has 4 nitrogen and oxygen atoms in total. The fraction of sp³-hybridized carbons (Fsp3) is 0.923. The highest BCUT2D eigenvalue weighted by Gasteiger charge is 2.47. The Morgan fingerprint density at radius 2 is 2.00 bits per heavy atom. The number of nitrogens with zero attached hydrogens (tertiary/aromatic N) is 1. The monoisotopic (exact) mass is 240 g/mol. The SMILES string of the molecule is C[C@H]1C(N)CC2CCC1N2C(=O)OC(C)(C)C. The van der Waals surface area contributed by atoms with E-state index in [1.807, 2.05) is 25.7 Å². The van der Waals surface area contributed by atoms with Crippen molar-refractivity contribution in [1.82, 2.24) is 4.90 Å². The quantitative estimate of drug-likeness (QED) is 0.705. The summed E-state index contributed by atoms with van der Waals surface area (Å²) in [6, 6.07) is 0.797. The maximum absolute atomic E-state index is 12.2. The maximum Gasteiger partial charge on any atom is 0.410 e. The predicted molar refractivity (Wildman–Crippen MR) is 66.6 cm³/mol. The molecule has 0 radical (unpaired) electrons. The van der Waals surface area contributed by atoms with Gasteiger partial charge in [0, 0.05) is 18.1 Å². The number of rotatable bonds is 0. The number of nitrogens with two attached hydrogens (primary N) is 1. The van der Waals surface area contributed by atoms with E-state index in [0.29, 0.717) is 12.0 Å². The van der Waals surface area contributed by atoms with Gasteiger partial charge < -0.3 is 15.4 Å². The molecule has 2 rings (SSSR count). The average molecular weight is 240 g/mol. The van der Waals surface area contributed by atoms with Gasteiger partial charge in [-0.25, -0.2) is 4.79 Å². The lowest BCUT2D eigenvalue weighted by molar-refractivity contribution is -0.00265. The Bertz CT molecular complexity index is 311. The molecule has 2 heterocycles. The molecular formula is C13H24N2O2. The molecule has 4 atom stereocenters. The minimum atomic E-state index is -0.417. The van der Waals surface area contributed by atoms with E-state index in [1.165, 1.54) is 0 Å². The van der Waals surface area contributed by atoms with Crippen LogP contribution in [0.5, 0.6) is 0 Å². The van der Waals surface area contributed by atoms with Gasteiger partial charge in [0.2, 0.25) is 0 Å². The second-order valence-electron chi connectivity index (χ2n) is 6.44. The van der Waals surface area contributed by atoms with Crippen molar-refractivity contribution in [1.29, 1.82) is 0 Å². The Balaban J connectivity index is 2.10. The van der Waals surface area contributed by atoms with Gasteiger partial charge in [0.25, 0.3) is 0 Å². The third kappa shape index (κ3) is 2.41. The van der Waals surface area contributed by atoms with Crippen molar-refractivity contribution in [3.05, 3.63) is 0 Å². The molecular weight excluding hydrogens is 216 g/mol. The van der Waals surface area contributed by atoms with Crippen molar-refractivity contribution in [2.75, 3.05) is 0 Å². The Morgan fingerprint density at radius 3 is 2.59 bits per heavy atom. The van der Waals surface area contributed by atoms with E-state index in [2.05, 4.69) is 6.92 Å². The van der Waals surface area contributed by atoms with Crippen molar-refractivity contribution in [3.63, 3.8) is 0 Å². The number of hydrogen-bond acceptors (Lipinski definition) is 3. The molecule has 98 valence electrons. The molecule has 0 aromatic rings. The number of amides is 1. The zero-order valence-corrected chi connectivity index (χ0v) is 11.3. The first-order valence-corrected chi connectivity index (χ1v) is 6.56. The molecule has 0 spiro atoms. The third-order valence-corrected chi connectivity index (χ3v) is 3.98. The van der Waals surface area contributed by atoms with Crippen molar-refractivity contribution in [2.24, 2.45) is 11.7 Å². The summed E-state index contributed by atoms with van der Waals surface area (Å²) in [5, 5.41) is 0. The second-order valence-corrected chi connectivity index (χ2v) is 6.44. The summed E-state index contributed by atoms with van der Waals surface area (Å²) in [5.41, 5.74) is 5.69. The van der Waals surface area contributed by atoms with E-state index in [1.54, 1.807) is 0 Å². The molecule has 0 aromatic carbocycles. The molecule has 2 bridgehead atoms. The lowest BCUT2D eigenvalue weighted by atomic mass is 9.88. The van der Waals surface area contributed by atoms with Gasteiger partial charge in [0.05, 0.1) is 0 Å². The minimum Gasteiger partial charge on any atom is -0.444 e. The van der Waals surface area contributed by atoms with Crippen molar-refractivity contribution >= 4 is 6.09 Å². The fourth-order valence-corrected chi connectivity index (χ4v) is 3.07. The van der Waals surface area contributed by atoms with Gasteiger partial charge in [-0.3, -0.25) is 0 Å². The zero-order valence-electron chi connectivity index (χ0n) is 11.3. The van der Waals surface area contributed by atoms with E-state index >= 15 is 0 Å². The summed E-state index contributed by atoms with van der Waals surface area (Å²) in [6.45, 7) is 7.87. The molecule has 4 heteroatoms. The Hall–Kier alpha value is -0.770. The lowest BCUT2D eigenvalue weighted by Gasteiger charge is -2.42. The molecule has 2 fully saturated rings. The van der Waals surface area contributed by atoms with Gasteiger partial charge in [-0.2, -0.15) is 0 Å². The number of hydrogen-bond donors (Lipinski definition) is 1. The Morgan fingerprint density at radius 1 is 1.35 bits per heavy atom. The van der Waals surface area contributed by atoms with Gasteiger partial charge in [0.15, 0.2) is 0 Å². The molecule has 3 unspecified atom stereocenters. The van der Waals surface area contributed by atoms with Crippen LogP contribution in [0.3, 0.4) is 0 Å². The fourth-order valence-electron chi connectivity index (χ4n) is 3.07. The molecule has 0 saturated carbocycles.